The molecule has 0 saturated heterocycles. The first-order valence-electron chi connectivity index (χ1n) is 9.95. The Hall–Kier alpha value is -1.82. The van der Waals surface area contributed by atoms with E-state index in [1.54, 1.807) is 39.0 Å². The molecule has 1 fully saturated rings. The van der Waals surface area contributed by atoms with Crippen LogP contribution in [-0.4, -0.2) is 35.6 Å². The summed E-state index contributed by atoms with van der Waals surface area (Å²) >= 11 is 1.34. The van der Waals surface area contributed by atoms with Crippen LogP contribution < -0.4 is 5.32 Å². The van der Waals surface area contributed by atoms with E-state index in [-0.39, 0.29) is 29.6 Å². The summed E-state index contributed by atoms with van der Waals surface area (Å²) in [5.74, 6) is -0.685. The maximum atomic E-state index is 12.5. The van der Waals surface area contributed by atoms with Gasteiger partial charge >= 0.3 is 5.97 Å². The number of hydrogen-bond donors (Lipinski definition) is 1. The summed E-state index contributed by atoms with van der Waals surface area (Å²) in [5, 5.41) is 2.80. The van der Waals surface area contributed by atoms with Crippen molar-refractivity contribution in [2.24, 2.45) is 5.41 Å². The molecular formula is C22H31NO4S. The number of ether oxygens (including phenoxy) is 1. The number of ketones is 1. The third kappa shape index (κ3) is 6.66. The Bertz CT molecular complexity index is 705. The molecule has 1 aliphatic carbocycles. The molecule has 1 N–H and O–H groups in total. The standard InChI is InChI=1S/C22H31NO4S/c1-15(20(25)23-16-10-6-5-7-11-16)28-18-13-9-8-12-17(18)21(26)27-14-19(24)22(2,3)4/h8-9,12-13,15-16H,5-7,10-11,14H2,1-4H3,(H,23,25)/t15-/m1/s1. The Kier molecular flexibility index (Phi) is 8.10. The van der Waals surface area contributed by atoms with Crippen LogP contribution in [0.4, 0.5) is 0 Å². The average Bonchev–Trinajstić information content (AvgIpc) is 2.66. The fourth-order valence-electron chi connectivity index (χ4n) is 2.97. The molecule has 5 nitrogen and oxygen atoms in total. The van der Waals surface area contributed by atoms with Crippen molar-refractivity contribution >= 4 is 29.4 Å². The summed E-state index contributed by atoms with van der Waals surface area (Å²) in [5.41, 5.74) is -0.174. The lowest BCUT2D eigenvalue weighted by Crippen LogP contribution is -2.40. The van der Waals surface area contributed by atoms with Crippen molar-refractivity contribution < 1.29 is 19.1 Å². The van der Waals surface area contributed by atoms with Crippen LogP contribution in [0.3, 0.4) is 0 Å². The fraction of sp³-hybridized carbons (Fsp3) is 0.591. The maximum absolute atomic E-state index is 12.5. The van der Waals surface area contributed by atoms with E-state index in [1.807, 2.05) is 13.0 Å². The molecule has 0 spiro atoms. The van der Waals surface area contributed by atoms with Crippen LogP contribution in [0.2, 0.25) is 0 Å². The highest BCUT2D eigenvalue weighted by Gasteiger charge is 2.25. The third-order valence-electron chi connectivity index (χ3n) is 4.90. The van der Waals surface area contributed by atoms with Crippen LogP contribution in [0.1, 0.15) is 70.2 Å². The Balaban J connectivity index is 1.97. The average molecular weight is 406 g/mol. The molecule has 0 aliphatic heterocycles. The van der Waals surface area contributed by atoms with E-state index >= 15 is 0 Å². The number of thioether (sulfide) groups is 1. The molecule has 1 aromatic rings. The van der Waals surface area contributed by atoms with Crippen LogP contribution >= 0.6 is 11.8 Å². The van der Waals surface area contributed by atoms with E-state index in [9.17, 15) is 14.4 Å². The number of esters is 1. The zero-order valence-electron chi connectivity index (χ0n) is 17.2. The Labute approximate surface area is 172 Å². The number of carbonyl (C=O) groups excluding carboxylic acids is 3. The molecular weight excluding hydrogens is 374 g/mol. The van der Waals surface area contributed by atoms with E-state index in [0.717, 1.165) is 25.7 Å². The van der Waals surface area contributed by atoms with Crippen LogP contribution in [0.5, 0.6) is 0 Å². The van der Waals surface area contributed by atoms with Crippen molar-refractivity contribution in [3.63, 3.8) is 0 Å². The van der Waals surface area contributed by atoms with E-state index in [1.165, 1.54) is 18.2 Å². The van der Waals surface area contributed by atoms with Crippen molar-refractivity contribution in [3.05, 3.63) is 29.8 Å². The highest BCUT2D eigenvalue weighted by Crippen LogP contribution is 2.28. The number of benzene rings is 1. The van der Waals surface area contributed by atoms with Gasteiger partial charge in [0, 0.05) is 16.4 Å². The van der Waals surface area contributed by atoms with Gasteiger partial charge in [0.1, 0.15) is 0 Å². The van der Waals surface area contributed by atoms with Crippen molar-refractivity contribution in [3.8, 4) is 0 Å². The molecule has 0 bridgehead atoms. The third-order valence-corrected chi connectivity index (χ3v) is 6.08. The lowest BCUT2D eigenvalue weighted by molar-refractivity contribution is -0.129. The van der Waals surface area contributed by atoms with Crippen LogP contribution in [-0.2, 0) is 14.3 Å². The molecule has 0 aromatic heterocycles. The van der Waals surface area contributed by atoms with Gasteiger partial charge in [-0.2, -0.15) is 0 Å². The monoisotopic (exact) mass is 405 g/mol. The summed E-state index contributed by atoms with van der Waals surface area (Å²) < 4.78 is 5.22. The van der Waals surface area contributed by atoms with Gasteiger partial charge in [0.15, 0.2) is 12.4 Å². The zero-order valence-corrected chi connectivity index (χ0v) is 18.1. The minimum atomic E-state index is -0.555. The number of Topliss-reactive ketones (excluding diaryl/α,β-unsaturated/α-hetero) is 1. The molecule has 1 amide bonds. The van der Waals surface area contributed by atoms with Crippen molar-refractivity contribution in [2.45, 2.75) is 76.0 Å². The summed E-state index contributed by atoms with van der Waals surface area (Å²) in [6.45, 7) is 6.96. The number of rotatable bonds is 7. The smallest absolute Gasteiger partial charge is 0.339 e. The molecule has 28 heavy (non-hydrogen) atoms. The maximum Gasteiger partial charge on any atom is 0.339 e. The van der Waals surface area contributed by atoms with Gasteiger partial charge in [-0.05, 0) is 31.9 Å². The molecule has 0 heterocycles. The highest BCUT2D eigenvalue weighted by atomic mass is 32.2. The van der Waals surface area contributed by atoms with Gasteiger partial charge in [-0.15, -0.1) is 11.8 Å². The van der Waals surface area contributed by atoms with Crippen LogP contribution in [0, 0.1) is 5.41 Å². The lowest BCUT2D eigenvalue weighted by Gasteiger charge is -2.24. The first-order valence-corrected chi connectivity index (χ1v) is 10.8. The molecule has 1 atom stereocenters. The van der Waals surface area contributed by atoms with Crippen molar-refractivity contribution in [1.82, 2.24) is 5.32 Å². The van der Waals surface area contributed by atoms with Gasteiger partial charge in [0.25, 0.3) is 0 Å². The summed E-state index contributed by atoms with van der Waals surface area (Å²) in [7, 11) is 0. The largest absolute Gasteiger partial charge is 0.454 e. The first kappa shape index (κ1) is 22.5. The fourth-order valence-corrected chi connectivity index (χ4v) is 3.96. The predicted molar refractivity (Wildman–Crippen MR) is 112 cm³/mol. The second-order valence-corrected chi connectivity index (χ2v) is 9.73. The number of nitrogens with one attached hydrogen (secondary N) is 1. The highest BCUT2D eigenvalue weighted by molar-refractivity contribution is 8.00. The molecule has 154 valence electrons. The van der Waals surface area contributed by atoms with Crippen LogP contribution in [0.15, 0.2) is 29.2 Å². The van der Waals surface area contributed by atoms with E-state index in [0.29, 0.717) is 10.5 Å². The van der Waals surface area contributed by atoms with E-state index in [4.69, 9.17) is 4.74 Å². The second-order valence-electron chi connectivity index (χ2n) is 8.35. The molecule has 1 aromatic carbocycles. The molecule has 0 unspecified atom stereocenters. The number of amides is 1. The Morgan fingerprint density at radius 3 is 2.43 bits per heavy atom. The van der Waals surface area contributed by atoms with E-state index in [2.05, 4.69) is 5.32 Å². The van der Waals surface area contributed by atoms with Gasteiger partial charge in [0.2, 0.25) is 5.91 Å². The summed E-state index contributed by atoms with van der Waals surface area (Å²) in [6, 6.07) is 7.30. The lowest BCUT2D eigenvalue weighted by atomic mass is 9.91. The van der Waals surface area contributed by atoms with Gasteiger partial charge < -0.3 is 10.1 Å². The molecule has 1 aliphatic rings. The minimum Gasteiger partial charge on any atom is -0.454 e. The topological polar surface area (TPSA) is 72.5 Å². The second kappa shape index (κ2) is 10.1. The minimum absolute atomic E-state index is 0.0111. The van der Waals surface area contributed by atoms with Gasteiger partial charge in [-0.1, -0.05) is 52.2 Å². The number of carbonyl (C=O) groups is 3. The Morgan fingerprint density at radius 2 is 1.79 bits per heavy atom. The van der Waals surface area contributed by atoms with Gasteiger partial charge in [-0.3, -0.25) is 9.59 Å². The molecule has 6 heteroatoms. The quantitative estimate of drug-likeness (QED) is 0.538. The molecule has 1 saturated carbocycles. The summed E-state index contributed by atoms with van der Waals surface area (Å²) in [4.78, 5) is 37.7. The van der Waals surface area contributed by atoms with Crippen molar-refractivity contribution in [1.29, 1.82) is 0 Å². The van der Waals surface area contributed by atoms with E-state index < -0.39 is 11.4 Å². The molecule has 2 rings (SSSR count). The normalized spacial score (nSPS) is 16.3. The van der Waals surface area contributed by atoms with Gasteiger partial charge in [0.05, 0.1) is 10.8 Å². The zero-order chi connectivity index (χ0) is 20.7. The van der Waals surface area contributed by atoms with Gasteiger partial charge in [-0.25, -0.2) is 4.79 Å². The molecule has 0 radical (unpaired) electrons. The summed E-state index contributed by atoms with van der Waals surface area (Å²) in [6.07, 6.45) is 5.63. The van der Waals surface area contributed by atoms with Crippen LogP contribution in [0.25, 0.3) is 0 Å². The predicted octanol–water partition coefficient (Wildman–Crippen LogP) is 4.39. The Morgan fingerprint density at radius 1 is 1.14 bits per heavy atom. The van der Waals surface area contributed by atoms with Crippen molar-refractivity contribution in [2.75, 3.05) is 6.61 Å². The SMILES string of the molecule is C[C@@H](Sc1ccccc1C(=O)OCC(=O)C(C)(C)C)C(=O)NC1CCCCC1. The first-order chi connectivity index (χ1) is 13.2. The number of hydrogen-bond acceptors (Lipinski definition) is 5.